The number of aliphatic carboxylic acids is 1. The zero-order valence-electron chi connectivity index (χ0n) is 11.3. The lowest BCUT2D eigenvalue weighted by Crippen LogP contribution is -2.45. The van der Waals surface area contributed by atoms with Crippen molar-refractivity contribution >= 4 is 35.2 Å². The molecule has 1 aromatic rings. The molecule has 0 aliphatic rings. The third kappa shape index (κ3) is 5.65. The summed E-state index contributed by atoms with van der Waals surface area (Å²) in [6.07, 6.45) is 1.43. The maximum absolute atomic E-state index is 12.0. The second-order valence-corrected chi connectivity index (χ2v) is 4.74. The van der Waals surface area contributed by atoms with Gasteiger partial charge in [-0.1, -0.05) is 11.6 Å². The van der Waals surface area contributed by atoms with Crippen molar-refractivity contribution in [2.75, 3.05) is 31.6 Å². The van der Waals surface area contributed by atoms with Crippen LogP contribution in [0.15, 0.2) is 18.3 Å². The van der Waals surface area contributed by atoms with Crippen LogP contribution in [0.25, 0.3) is 0 Å². The molecule has 1 aromatic heterocycles. The number of hydrogen-bond donors (Lipinski definition) is 2. The first-order valence-electron chi connectivity index (χ1n) is 5.90. The number of nitrogens with two attached hydrogens (primary N) is 1. The number of carbonyl (C=O) groups is 3. The van der Waals surface area contributed by atoms with Crippen molar-refractivity contribution in [2.45, 2.75) is 0 Å². The molecule has 0 atom stereocenters. The molecule has 0 fully saturated rings. The molecule has 0 aromatic carbocycles. The number of amides is 2. The molecule has 0 aliphatic carbocycles. The molecule has 0 bridgehead atoms. The highest BCUT2D eigenvalue weighted by Crippen LogP contribution is 2.12. The number of likely N-dealkylation sites (N-methyl/N-ethyl adjacent to an activating group) is 1. The zero-order chi connectivity index (χ0) is 16.0. The Morgan fingerprint density at radius 2 is 1.95 bits per heavy atom. The molecule has 0 saturated heterocycles. The fourth-order valence-corrected chi connectivity index (χ4v) is 1.67. The van der Waals surface area contributed by atoms with E-state index in [0.29, 0.717) is 10.8 Å². The first kappa shape index (κ1) is 16.7. The van der Waals surface area contributed by atoms with Gasteiger partial charge in [0.2, 0.25) is 11.8 Å². The summed E-state index contributed by atoms with van der Waals surface area (Å²) in [4.78, 5) is 40.0. The number of carboxylic acids is 1. The van der Waals surface area contributed by atoms with Gasteiger partial charge >= 0.3 is 5.97 Å². The Bertz CT molecular complexity index is 519. The molecule has 0 aliphatic heterocycles. The molecule has 21 heavy (non-hydrogen) atoms. The van der Waals surface area contributed by atoms with Crippen LogP contribution >= 0.6 is 11.6 Å². The highest BCUT2D eigenvalue weighted by Gasteiger charge is 2.20. The minimum atomic E-state index is -1.23. The van der Waals surface area contributed by atoms with Gasteiger partial charge in [-0.3, -0.25) is 14.4 Å². The molecule has 0 saturated carbocycles. The molecule has 9 heteroatoms. The lowest BCUT2D eigenvalue weighted by molar-refractivity contribution is -0.145. The van der Waals surface area contributed by atoms with Crippen LogP contribution in [0.3, 0.4) is 0 Å². The van der Waals surface area contributed by atoms with Crippen LogP contribution in [0.5, 0.6) is 0 Å². The maximum atomic E-state index is 12.0. The third-order valence-electron chi connectivity index (χ3n) is 2.50. The molecule has 1 heterocycles. The van der Waals surface area contributed by atoms with E-state index in [2.05, 4.69) is 4.98 Å². The van der Waals surface area contributed by atoms with Crippen LogP contribution in [-0.2, 0) is 14.4 Å². The monoisotopic (exact) mass is 314 g/mol. The van der Waals surface area contributed by atoms with Gasteiger partial charge in [-0.2, -0.15) is 0 Å². The standard InChI is InChI=1S/C12H15ClN4O4/c1-16(10-3-2-8(13)4-15-10)6-11(19)17(5-9(14)18)7-12(20)21/h2-4H,5-7H2,1H3,(H2,14,18)(H,20,21). The van der Waals surface area contributed by atoms with E-state index in [1.807, 2.05) is 0 Å². The average Bonchev–Trinajstić information content (AvgIpc) is 2.37. The van der Waals surface area contributed by atoms with Crippen molar-refractivity contribution in [1.82, 2.24) is 9.88 Å². The Morgan fingerprint density at radius 3 is 2.43 bits per heavy atom. The SMILES string of the molecule is CN(CC(=O)N(CC(N)=O)CC(=O)O)c1ccc(Cl)cn1. The minimum absolute atomic E-state index is 0.144. The van der Waals surface area contributed by atoms with Crippen molar-refractivity contribution in [2.24, 2.45) is 5.73 Å². The number of halogens is 1. The number of aromatic nitrogens is 1. The summed E-state index contributed by atoms with van der Waals surface area (Å²) in [6.45, 7) is -1.19. The second kappa shape index (κ2) is 7.44. The topological polar surface area (TPSA) is 117 Å². The van der Waals surface area contributed by atoms with E-state index in [9.17, 15) is 14.4 Å². The summed E-state index contributed by atoms with van der Waals surface area (Å²) < 4.78 is 0. The van der Waals surface area contributed by atoms with Crippen molar-refractivity contribution in [3.05, 3.63) is 23.4 Å². The van der Waals surface area contributed by atoms with Crippen molar-refractivity contribution in [3.8, 4) is 0 Å². The summed E-state index contributed by atoms with van der Waals surface area (Å²) in [7, 11) is 1.61. The van der Waals surface area contributed by atoms with Crippen molar-refractivity contribution in [3.63, 3.8) is 0 Å². The Balaban J connectivity index is 2.73. The number of hydrogen-bond acceptors (Lipinski definition) is 5. The number of primary amides is 1. The summed E-state index contributed by atoms with van der Waals surface area (Å²) in [5.74, 6) is -2.06. The summed E-state index contributed by atoms with van der Waals surface area (Å²) in [6, 6.07) is 3.23. The number of carboxylic acid groups (broad SMARTS) is 1. The fourth-order valence-electron chi connectivity index (χ4n) is 1.56. The molecular weight excluding hydrogens is 300 g/mol. The van der Waals surface area contributed by atoms with E-state index in [4.69, 9.17) is 22.4 Å². The van der Waals surface area contributed by atoms with Crippen molar-refractivity contribution in [1.29, 1.82) is 0 Å². The summed E-state index contributed by atoms with van der Waals surface area (Å²) in [5.41, 5.74) is 5.00. The Morgan fingerprint density at radius 1 is 1.29 bits per heavy atom. The van der Waals surface area contributed by atoms with Crippen LogP contribution < -0.4 is 10.6 Å². The van der Waals surface area contributed by atoms with Gasteiger partial charge in [0.1, 0.15) is 12.4 Å². The van der Waals surface area contributed by atoms with E-state index in [-0.39, 0.29) is 6.54 Å². The van der Waals surface area contributed by atoms with Gasteiger partial charge in [0.25, 0.3) is 0 Å². The fraction of sp³-hybridized carbons (Fsp3) is 0.333. The first-order chi connectivity index (χ1) is 9.79. The Labute approximate surface area is 126 Å². The molecule has 2 amide bonds. The van der Waals surface area contributed by atoms with Crippen LogP contribution in [0.1, 0.15) is 0 Å². The van der Waals surface area contributed by atoms with E-state index < -0.39 is 30.9 Å². The van der Waals surface area contributed by atoms with Gasteiger partial charge in [0.05, 0.1) is 18.1 Å². The summed E-state index contributed by atoms with van der Waals surface area (Å²) in [5, 5.41) is 9.20. The number of anilines is 1. The van der Waals surface area contributed by atoms with Crippen LogP contribution in [-0.4, -0.2) is 59.5 Å². The quantitative estimate of drug-likeness (QED) is 0.705. The van der Waals surface area contributed by atoms with Gasteiger partial charge in [0.15, 0.2) is 0 Å². The number of carbonyl (C=O) groups excluding carboxylic acids is 2. The number of nitrogens with zero attached hydrogens (tertiary/aromatic N) is 3. The van der Waals surface area contributed by atoms with E-state index in [0.717, 1.165) is 4.90 Å². The second-order valence-electron chi connectivity index (χ2n) is 4.30. The highest BCUT2D eigenvalue weighted by atomic mass is 35.5. The van der Waals surface area contributed by atoms with Crippen LogP contribution in [0.4, 0.5) is 5.82 Å². The van der Waals surface area contributed by atoms with Gasteiger partial charge < -0.3 is 20.6 Å². The smallest absolute Gasteiger partial charge is 0.323 e. The van der Waals surface area contributed by atoms with E-state index >= 15 is 0 Å². The highest BCUT2D eigenvalue weighted by molar-refractivity contribution is 6.30. The Hall–Kier alpha value is -2.35. The molecule has 3 N–H and O–H groups in total. The number of rotatable bonds is 7. The summed E-state index contributed by atoms with van der Waals surface area (Å²) >= 11 is 5.71. The predicted molar refractivity (Wildman–Crippen MR) is 75.9 cm³/mol. The molecule has 114 valence electrons. The largest absolute Gasteiger partial charge is 0.480 e. The number of pyridine rings is 1. The average molecular weight is 315 g/mol. The zero-order valence-corrected chi connectivity index (χ0v) is 12.1. The van der Waals surface area contributed by atoms with Crippen LogP contribution in [0, 0.1) is 0 Å². The lowest BCUT2D eigenvalue weighted by atomic mass is 10.3. The van der Waals surface area contributed by atoms with Gasteiger partial charge in [-0.15, -0.1) is 0 Å². The first-order valence-corrected chi connectivity index (χ1v) is 6.28. The molecule has 0 radical (unpaired) electrons. The van der Waals surface area contributed by atoms with Crippen molar-refractivity contribution < 1.29 is 19.5 Å². The lowest BCUT2D eigenvalue weighted by Gasteiger charge is -2.23. The van der Waals surface area contributed by atoms with E-state index in [1.165, 1.54) is 11.1 Å². The maximum Gasteiger partial charge on any atom is 0.323 e. The van der Waals surface area contributed by atoms with Crippen LogP contribution in [0.2, 0.25) is 5.02 Å². The van der Waals surface area contributed by atoms with Gasteiger partial charge in [-0.25, -0.2) is 4.98 Å². The minimum Gasteiger partial charge on any atom is -0.480 e. The molecule has 0 spiro atoms. The predicted octanol–water partition coefficient (Wildman–Crippen LogP) is -0.430. The molecule has 0 unspecified atom stereocenters. The van der Waals surface area contributed by atoms with Gasteiger partial charge in [0, 0.05) is 13.2 Å². The van der Waals surface area contributed by atoms with Gasteiger partial charge in [-0.05, 0) is 12.1 Å². The van der Waals surface area contributed by atoms with E-state index in [1.54, 1.807) is 19.2 Å². The third-order valence-corrected chi connectivity index (χ3v) is 2.72. The Kier molecular flexibility index (Phi) is 5.92. The molecule has 1 rings (SSSR count). The molecular formula is C12H15ClN4O4. The normalized spacial score (nSPS) is 10.0. The molecule has 8 nitrogen and oxygen atoms in total.